The Morgan fingerprint density at radius 2 is 1.67 bits per heavy atom. The molecule has 0 bridgehead atoms. The van der Waals surface area contributed by atoms with E-state index in [4.69, 9.17) is 17.3 Å². The van der Waals surface area contributed by atoms with Crippen LogP contribution in [0.15, 0.2) is 48.5 Å². The highest BCUT2D eigenvalue weighted by Crippen LogP contribution is 2.21. The number of anilines is 1. The minimum absolute atomic E-state index is 0.617. The van der Waals surface area contributed by atoms with E-state index in [0.29, 0.717) is 10.7 Å². The Kier molecular flexibility index (Phi) is 2.93. The monoisotopic (exact) mass is 217 g/mol. The van der Waals surface area contributed by atoms with Gasteiger partial charge in [0.05, 0.1) is 10.7 Å². The van der Waals surface area contributed by atoms with Crippen molar-refractivity contribution >= 4 is 17.3 Å². The highest BCUT2D eigenvalue weighted by molar-refractivity contribution is 6.33. The number of nitrogens with two attached hydrogens (primary N) is 1. The molecule has 0 aliphatic heterocycles. The first kappa shape index (κ1) is 10.1. The Morgan fingerprint density at radius 1 is 0.933 bits per heavy atom. The molecule has 0 heterocycles. The van der Waals surface area contributed by atoms with Gasteiger partial charge in [0.25, 0.3) is 0 Å². The van der Waals surface area contributed by atoms with Crippen molar-refractivity contribution in [3.8, 4) is 0 Å². The summed E-state index contributed by atoms with van der Waals surface area (Å²) in [6.07, 6.45) is 0.891. The van der Waals surface area contributed by atoms with Gasteiger partial charge in [0.2, 0.25) is 0 Å². The molecular weight excluding hydrogens is 206 g/mol. The van der Waals surface area contributed by atoms with E-state index < -0.39 is 0 Å². The predicted molar refractivity (Wildman–Crippen MR) is 65.1 cm³/mol. The second-order valence-corrected chi connectivity index (χ2v) is 3.93. The molecule has 0 atom stereocenters. The van der Waals surface area contributed by atoms with E-state index in [0.717, 1.165) is 6.42 Å². The summed E-state index contributed by atoms with van der Waals surface area (Å²) in [7, 11) is 0. The average Bonchev–Trinajstić information content (AvgIpc) is 2.25. The van der Waals surface area contributed by atoms with Crippen LogP contribution in [0.1, 0.15) is 11.1 Å². The second-order valence-electron chi connectivity index (χ2n) is 3.52. The molecule has 0 amide bonds. The highest BCUT2D eigenvalue weighted by Gasteiger charge is 1.99. The van der Waals surface area contributed by atoms with Gasteiger partial charge in [-0.05, 0) is 29.7 Å². The largest absolute Gasteiger partial charge is 0.398 e. The van der Waals surface area contributed by atoms with E-state index in [2.05, 4.69) is 12.1 Å². The van der Waals surface area contributed by atoms with Crippen molar-refractivity contribution in [2.45, 2.75) is 6.42 Å². The van der Waals surface area contributed by atoms with E-state index in [1.165, 1.54) is 11.1 Å². The molecular formula is C13H12ClN. The minimum Gasteiger partial charge on any atom is -0.398 e. The SMILES string of the molecule is Nc1cc(Cc2ccccc2)ccc1Cl. The first-order valence-corrected chi connectivity index (χ1v) is 5.21. The molecule has 2 N–H and O–H groups in total. The van der Waals surface area contributed by atoms with E-state index in [1.54, 1.807) is 0 Å². The van der Waals surface area contributed by atoms with Gasteiger partial charge in [-0.25, -0.2) is 0 Å². The van der Waals surface area contributed by atoms with E-state index in [1.807, 2.05) is 36.4 Å². The van der Waals surface area contributed by atoms with Crippen LogP contribution in [0.25, 0.3) is 0 Å². The molecule has 0 spiro atoms. The standard InChI is InChI=1S/C13H12ClN/c14-12-7-6-11(9-13(12)15)8-10-4-2-1-3-5-10/h1-7,9H,8,15H2. The van der Waals surface area contributed by atoms with Crippen molar-refractivity contribution in [1.82, 2.24) is 0 Å². The lowest BCUT2D eigenvalue weighted by Crippen LogP contribution is -1.91. The zero-order valence-electron chi connectivity index (χ0n) is 8.28. The van der Waals surface area contributed by atoms with Gasteiger partial charge in [-0.2, -0.15) is 0 Å². The Balaban J connectivity index is 2.22. The second kappa shape index (κ2) is 4.37. The highest BCUT2D eigenvalue weighted by atomic mass is 35.5. The number of rotatable bonds is 2. The van der Waals surface area contributed by atoms with Crippen LogP contribution in [-0.4, -0.2) is 0 Å². The summed E-state index contributed by atoms with van der Waals surface area (Å²) in [4.78, 5) is 0. The lowest BCUT2D eigenvalue weighted by molar-refractivity contribution is 1.19. The van der Waals surface area contributed by atoms with Crippen LogP contribution in [0.5, 0.6) is 0 Å². The fraction of sp³-hybridized carbons (Fsp3) is 0.0769. The van der Waals surface area contributed by atoms with Gasteiger partial charge in [0, 0.05) is 0 Å². The van der Waals surface area contributed by atoms with Gasteiger partial charge in [-0.3, -0.25) is 0 Å². The lowest BCUT2D eigenvalue weighted by atomic mass is 10.0. The van der Waals surface area contributed by atoms with Gasteiger partial charge in [0.15, 0.2) is 0 Å². The normalized spacial score (nSPS) is 10.2. The Bertz CT molecular complexity index is 451. The van der Waals surface area contributed by atoms with E-state index in [-0.39, 0.29) is 0 Å². The molecule has 0 unspecified atom stereocenters. The first-order chi connectivity index (χ1) is 7.25. The Hall–Kier alpha value is -1.47. The maximum atomic E-state index is 5.86. The zero-order chi connectivity index (χ0) is 10.7. The molecule has 15 heavy (non-hydrogen) atoms. The van der Waals surface area contributed by atoms with Gasteiger partial charge in [-0.15, -0.1) is 0 Å². The summed E-state index contributed by atoms with van der Waals surface area (Å²) in [6, 6.07) is 16.1. The molecule has 0 aromatic heterocycles. The summed E-state index contributed by atoms with van der Waals surface area (Å²) in [5.74, 6) is 0. The molecule has 0 fully saturated rings. The molecule has 0 aliphatic rings. The van der Waals surface area contributed by atoms with E-state index in [9.17, 15) is 0 Å². The number of nitrogen functional groups attached to an aromatic ring is 1. The van der Waals surface area contributed by atoms with Crippen molar-refractivity contribution in [2.75, 3.05) is 5.73 Å². The third kappa shape index (κ3) is 2.51. The van der Waals surface area contributed by atoms with Crippen molar-refractivity contribution in [1.29, 1.82) is 0 Å². The maximum absolute atomic E-state index is 5.86. The van der Waals surface area contributed by atoms with Crippen LogP contribution in [-0.2, 0) is 6.42 Å². The summed E-state index contributed by atoms with van der Waals surface area (Å²) in [5, 5.41) is 0.617. The summed E-state index contributed by atoms with van der Waals surface area (Å²) in [6.45, 7) is 0. The fourth-order valence-corrected chi connectivity index (χ4v) is 1.65. The Labute approximate surface area is 94.5 Å². The number of halogens is 1. The van der Waals surface area contributed by atoms with Gasteiger partial charge < -0.3 is 5.73 Å². The Morgan fingerprint density at radius 3 is 2.33 bits per heavy atom. The number of benzene rings is 2. The molecule has 0 saturated heterocycles. The van der Waals surface area contributed by atoms with Crippen LogP contribution >= 0.6 is 11.6 Å². The topological polar surface area (TPSA) is 26.0 Å². The van der Waals surface area contributed by atoms with Crippen LogP contribution in [0.3, 0.4) is 0 Å². The third-order valence-corrected chi connectivity index (χ3v) is 2.66. The predicted octanol–water partition coefficient (Wildman–Crippen LogP) is 3.51. The lowest BCUT2D eigenvalue weighted by Gasteiger charge is -2.04. The molecule has 2 aromatic carbocycles. The summed E-state index contributed by atoms with van der Waals surface area (Å²) in [5.41, 5.74) is 8.85. The number of hydrogen-bond donors (Lipinski definition) is 1. The molecule has 2 rings (SSSR count). The first-order valence-electron chi connectivity index (χ1n) is 4.83. The van der Waals surface area contributed by atoms with Crippen LogP contribution < -0.4 is 5.73 Å². The van der Waals surface area contributed by atoms with Crippen molar-refractivity contribution in [2.24, 2.45) is 0 Å². The van der Waals surface area contributed by atoms with Crippen molar-refractivity contribution in [3.05, 3.63) is 64.7 Å². The smallest absolute Gasteiger partial charge is 0.0635 e. The van der Waals surface area contributed by atoms with Gasteiger partial charge in [0.1, 0.15) is 0 Å². The molecule has 0 saturated carbocycles. The molecule has 2 aromatic rings. The van der Waals surface area contributed by atoms with Crippen LogP contribution in [0.2, 0.25) is 5.02 Å². The number of hydrogen-bond acceptors (Lipinski definition) is 1. The van der Waals surface area contributed by atoms with Gasteiger partial charge >= 0.3 is 0 Å². The average molecular weight is 218 g/mol. The third-order valence-electron chi connectivity index (χ3n) is 2.31. The quantitative estimate of drug-likeness (QED) is 0.766. The molecule has 2 heteroatoms. The zero-order valence-corrected chi connectivity index (χ0v) is 9.04. The minimum atomic E-state index is 0.617. The van der Waals surface area contributed by atoms with E-state index >= 15 is 0 Å². The summed E-state index contributed by atoms with van der Waals surface area (Å²) < 4.78 is 0. The molecule has 0 aliphatic carbocycles. The molecule has 0 radical (unpaired) electrons. The van der Waals surface area contributed by atoms with Crippen molar-refractivity contribution < 1.29 is 0 Å². The maximum Gasteiger partial charge on any atom is 0.0635 e. The van der Waals surface area contributed by atoms with Crippen molar-refractivity contribution in [3.63, 3.8) is 0 Å². The fourth-order valence-electron chi connectivity index (χ4n) is 1.53. The van der Waals surface area contributed by atoms with Crippen LogP contribution in [0.4, 0.5) is 5.69 Å². The van der Waals surface area contributed by atoms with Crippen LogP contribution in [0, 0.1) is 0 Å². The summed E-state index contributed by atoms with van der Waals surface area (Å²) >= 11 is 5.86. The van der Waals surface area contributed by atoms with Gasteiger partial charge in [-0.1, -0.05) is 48.0 Å². The molecule has 76 valence electrons. The molecule has 1 nitrogen and oxygen atoms in total.